The Hall–Kier alpha value is -1.69. The van der Waals surface area contributed by atoms with E-state index in [0.29, 0.717) is 17.0 Å². The van der Waals surface area contributed by atoms with Crippen LogP contribution in [-0.4, -0.2) is 39.1 Å². The first-order valence-electron chi connectivity index (χ1n) is 6.86. The molecule has 1 fully saturated rings. The van der Waals surface area contributed by atoms with Gasteiger partial charge >= 0.3 is 5.97 Å². The molecule has 0 spiro atoms. The number of aliphatic carboxylic acids is 1. The summed E-state index contributed by atoms with van der Waals surface area (Å²) in [6.07, 6.45) is 0. The van der Waals surface area contributed by atoms with Gasteiger partial charge < -0.3 is 15.7 Å². The molecule has 0 aromatic heterocycles. The molecule has 0 saturated carbocycles. The van der Waals surface area contributed by atoms with Crippen molar-refractivity contribution in [3.05, 3.63) is 29.3 Å². The minimum atomic E-state index is -0.967. The highest BCUT2D eigenvalue weighted by atomic mass is 32.2. The van der Waals surface area contributed by atoms with Crippen molar-refractivity contribution in [1.82, 2.24) is 4.90 Å². The molecule has 1 amide bonds. The third-order valence-electron chi connectivity index (χ3n) is 3.56. The zero-order valence-corrected chi connectivity index (χ0v) is 13.2. The molecule has 21 heavy (non-hydrogen) atoms. The predicted molar refractivity (Wildman–Crippen MR) is 84.3 cm³/mol. The van der Waals surface area contributed by atoms with E-state index in [0.717, 1.165) is 5.56 Å². The van der Waals surface area contributed by atoms with Gasteiger partial charge in [-0.3, -0.25) is 4.79 Å². The molecule has 0 bridgehead atoms. The van der Waals surface area contributed by atoms with Crippen LogP contribution >= 0.6 is 11.8 Å². The van der Waals surface area contributed by atoms with Crippen LogP contribution in [0.1, 0.15) is 29.8 Å². The number of anilines is 1. The Bertz CT molecular complexity index is 574. The number of nitrogen functional groups attached to an aromatic ring is 1. The third kappa shape index (κ3) is 3.00. The average molecular weight is 308 g/mol. The van der Waals surface area contributed by atoms with Gasteiger partial charge in [-0.2, -0.15) is 0 Å². The summed E-state index contributed by atoms with van der Waals surface area (Å²) in [7, 11) is 0. The number of carbonyl (C=O) groups excluding carboxylic acids is 1. The third-order valence-corrected chi connectivity index (χ3v) is 5.19. The molecule has 0 radical (unpaired) electrons. The van der Waals surface area contributed by atoms with E-state index >= 15 is 0 Å². The number of carboxylic acid groups (broad SMARTS) is 1. The lowest BCUT2D eigenvalue weighted by Gasteiger charge is -2.30. The lowest BCUT2D eigenvalue weighted by atomic mass is 10.1. The van der Waals surface area contributed by atoms with Crippen molar-refractivity contribution in [2.24, 2.45) is 5.92 Å². The average Bonchev–Trinajstić information content (AvgIpc) is 2.85. The van der Waals surface area contributed by atoms with Gasteiger partial charge in [-0.25, -0.2) is 4.79 Å². The highest BCUT2D eigenvalue weighted by molar-refractivity contribution is 8.00. The molecule has 1 aromatic rings. The summed E-state index contributed by atoms with van der Waals surface area (Å²) < 4.78 is 0. The fraction of sp³-hybridized carbons (Fsp3) is 0.467. The maximum Gasteiger partial charge on any atom is 0.327 e. The van der Waals surface area contributed by atoms with Gasteiger partial charge in [0.05, 0.1) is 10.9 Å². The second-order valence-electron chi connectivity index (χ2n) is 5.63. The summed E-state index contributed by atoms with van der Waals surface area (Å²) in [4.78, 5) is 25.7. The lowest BCUT2D eigenvalue weighted by Crippen LogP contribution is -2.47. The van der Waals surface area contributed by atoms with Crippen molar-refractivity contribution in [3.8, 4) is 0 Å². The van der Waals surface area contributed by atoms with Crippen molar-refractivity contribution >= 4 is 29.3 Å². The number of nitrogens with zero attached hydrogens (tertiary/aromatic N) is 1. The van der Waals surface area contributed by atoms with E-state index in [1.54, 1.807) is 12.1 Å². The van der Waals surface area contributed by atoms with E-state index in [-0.39, 0.29) is 17.2 Å². The van der Waals surface area contributed by atoms with Crippen LogP contribution < -0.4 is 5.73 Å². The number of carbonyl (C=O) groups is 2. The van der Waals surface area contributed by atoms with Crippen LogP contribution in [0, 0.1) is 12.8 Å². The second kappa shape index (κ2) is 5.97. The molecular formula is C15H20N2O3S. The van der Waals surface area contributed by atoms with Gasteiger partial charge in [0.1, 0.15) is 6.04 Å². The fourth-order valence-electron chi connectivity index (χ4n) is 2.48. The zero-order valence-electron chi connectivity index (χ0n) is 12.4. The van der Waals surface area contributed by atoms with Crippen LogP contribution in [0.5, 0.6) is 0 Å². The molecule has 1 heterocycles. The molecule has 1 aliphatic rings. The van der Waals surface area contributed by atoms with Crippen molar-refractivity contribution < 1.29 is 14.7 Å². The summed E-state index contributed by atoms with van der Waals surface area (Å²) in [5.41, 5.74) is 7.59. The number of carboxylic acids is 1. The Morgan fingerprint density at radius 1 is 1.43 bits per heavy atom. The Morgan fingerprint density at radius 3 is 2.67 bits per heavy atom. The van der Waals surface area contributed by atoms with Crippen molar-refractivity contribution in [1.29, 1.82) is 0 Å². The van der Waals surface area contributed by atoms with Gasteiger partial charge in [0.25, 0.3) is 5.91 Å². The van der Waals surface area contributed by atoms with E-state index in [1.807, 2.05) is 26.8 Å². The standard InChI is InChI=1S/C15H20N2O3S/c1-8(2)14-17(12(7-21-14)15(19)20)13(18)10-6-9(3)4-5-11(10)16/h4-6,8,12,14H,7,16H2,1-3H3,(H,19,20). The normalized spacial score (nSPS) is 21.8. The molecule has 2 unspecified atom stereocenters. The minimum absolute atomic E-state index is 0.140. The van der Waals surface area contributed by atoms with E-state index < -0.39 is 12.0 Å². The topological polar surface area (TPSA) is 83.6 Å². The molecule has 2 atom stereocenters. The monoisotopic (exact) mass is 308 g/mol. The van der Waals surface area contributed by atoms with Gasteiger partial charge in [0.15, 0.2) is 0 Å². The number of hydrogen-bond donors (Lipinski definition) is 2. The van der Waals surface area contributed by atoms with Gasteiger partial charge in [-0.05, 0) is 25.0 Å². The first-order chi connectivity index (χ1) is 9.82. The number of aryl methyl sites for hydroxylation is 1. The van der Waals surface area contributed by atoms with Crippen LogP contribution in [0.15, 0.2) is 18.2 Å². The van der Waals surface area contributed by atoms with E-state index in [9.17, 15) is 14.7 Å². The van der Waals surface area contributed by atoms with Gasteiger partial charge in [0.2, 0.25) is 0 Å². The number of thioether (sulfide) groups is 1. The van der Waals surface area contributed by atoms with Crippen LogP contribution in [0.3, 0.4) is 0 Å². The first-order valence-corrected chi connectivity index (χ1v) is 7.91. The zero-order chi connectivity index (χ0) is 15.7. The largest absolute Gasteiger partial charge is 0.480 e. The van der Waals surface area contributed by atoms with E-state index in [4.69, 9.17) is 5.73 Å². The lowest BCUT2D eigenvalue weighted by molar-refractivity contribution is -0.141. The van der Waals surface area contributed by atoms with Gasteiger partial charge in [-0.1, -0.05) is 25.5 Å². The Labute approximate surface area is 128 Å². The SMILES string of the molecule is Cc1ccc(N)c(C(=O)N2C(C(=O)O)CSC2C(C)C)c1. The molecule has 1 aromatic carbocycles. The van der Waals surface area contributed by atoms with Crippen LogP contribution in [0.4, 0.5) is 5.69 Å². The van der Waals surface area contributed by atoms with Crippen molar-refractivity contribution in [3.63, 3.8) is 0 Å². The first kappa shape index (κ1) is 15.7. The van der Waals surface area contributed by atoms with Crippen LogP contribution in [-0.2, 0) is 4.79 Å². The molecule has 1 saturated heterocycles. The van der Waals surface area contributed by atoms with E-state index in [1.165, 1.54) is 16.7 Å². The molecule has 1 aliphatic heterocycles. The summed E-state index contributed by atoms with van der Waals surface area (Å²) in [6, 6.07) is 4.44. The van der Waals surface area contributed by atoms with Crippen molar-refractivity contribution in [2.75, 3.05) is 11.5 Å². The van der Waals surface area contributed by atoms with Crippen molar-refractivity contribution in [2.45, 2.75) is 32.2 Å². The minimum Gasteiger partial charge on any atom is -0.480 e. The molecule has 0 aliphatic carbocycles. The van der Waals surface area contributed by atoms with Crippen LogP contribution in [0.2, 0.25) is 0 Å². The summed E-state index contributed by atoms with van der Waals surface area (Å²) in [6.45, 7) is 5.85. The molecular weight excluding hydrogens is 288 g/mol. The maximum atomic E-state index is 12.8. The van der Waals surface area contributed by atoms with Gasteiger partial charge in [-0.15, -0.1) is 11.8 Å². The highest BCUT2D eigenvalue weighted by Crippen LogP contribution is 2.36. The summed E-state index contributed by atoms with van der Waals surface area (Å²) in [5, 5.41) is 9.22. The summed E-state index contributed by atoms with van der Waals surface area (Å²) >= 11 is 1.51. The highest BCUT2D eigenvalue weighted by Gasteiger charge is 2.43. The molecule has 3 N–H and O–H groups in total. The number of rotatable bonds is 3. The predicted octanol–water partition coefficient (Wildman–Crippen LogP) is 2.20. The smallest absolute Gasteiger partial charge is 0.327 e. The van der Waals surface area contributed by atoms with Crippen LogP contribution in [0.25, 0.3) is 0 Å². The molecule has 2 rings (SSSR count). The second-order valence-corrected chi connectivity index (χ2v) is 6.77. The molecule has 6 heteroatoms. The maximum absolute atomic E-state index is 12.8. The Kier molecular flexibility index (Phi) is 4.46. The number of amides is 1. The Balaban J connectivity index is 2.41. The summed E-state index contributed by atoms with van der Waals surface area (Å²) in [5.74, 6) is -0.679. The Morgan fingerprint density at radius 2 is 2.10 bits per heavy atom. The fourth-order valence-corrected chi connectivity index (χ4v) is 3.95. The number of nitrogens with two attached hydrogens (primary N) is 1. The number of hydrogen-bond acceptors (Lipinski definition) is 4. The molecule has 5 nitrogen and oxygen atoms in total. The van der Waals surface area contributed by atoms with E-state index in [2.05, 4.69) is 0 Å². The quantitative estimate of drug-likeness (QED) is 0.836. The van der Waals surface area contributed by atoms with Gasteiger partial charge in [0, 0.05) is 11.4 Å². The molecule has 114 valence electrons. The number of benzene rings is 1.